The molecule has 1 aliphatic heterocycles. The molecule has 1 aliphatic rings. The molecule has 1 amide bonds. The molecular formula is C19H19ClN4O. The number of rotatable bonds is 3. The van der Waals surface area contributed by atoms with Gasteiger partial charge in [0.25, 0.3) is 0 Å². The maximum absolute atomic E-state index is 12.5. The van der Waals surface area contributed by atoms with Gasteiger partial charge in [0, 0.05) is 35.9 Å². The van der Waals surface area contributed by atoms with E-state index in [1.165, 1.54) is 0 Å². The topological polar surface area (TPSA) is 69.0 Å². The maximum Gasteiger partial charge on any atom is 0.227 e. The highest BCUT2D eigenvalue weighted by atomic mass is 35.5. The molecule has 1 saturated heterocycles. The summed E-state index contributed by atoms with van der Waals surface area (Å²) in [5.74, 6) is 0.866. The second-order valence-electron chi connectivity index (χ2n) is 6.23. The first kappa shape index (κ1) is 17.2. The number of pyridine rings is 1. The third kappa shape index (κ3) is 4.09. The number of amides is 1. The number of halogens is 1. The van der Waals surface area contributed by atoms with E-state index in [0.717, 1.165) is 43.0 Å². The second-order valence-corrected chi connectivity index (χ2v) is 6.64. The molecule has 1 N–H and O–H groups in total. The number of carbonyl (C=O) groups is 1. The molecule has 6 heteroatoms. The average molecular weight is 355 g/mol. The Morgan fingerprint density at radius 3 is 2.68 bits per heavy atom. The lowest BCUT2D eigenvalue weighted by Crippen LogP contribution is -2.38. The predicted octanol–water partition coefficient (Wildman–Crippen LogP) is 3.77. The lowest BCUT2D eigenvalue weighted by atomic mass is 9.95. The highest BCUT2D eigenvalue weighted by molar-refractivity contribution is 6.31. The van der Waals surface area contributed by atoms with E-state index in [0.29, 0.717) is 10.6 Å². The Labute approximate surface area is 152 Å². The molecule has 2 aromatic rings. The number of nitriles is 1. The Bertz CT molecular complexity index is 805. The quantitative estimate of drug-likeness (QED) is 0.910. The number of hydrogen-bond donors (Lipinski definition) is 1. The fourth-order valence-electron chi connectivity index (χ4n) is 2.92. The van der Waals surface area contributed by atoms with Crippen LogP contribution in [0.3, 0.4) is 0 Å². The highest BCUT2D eigenvalue weighted by Crippen LogP contribution is 2.25. The number of anilines is 2. The first-order chi connectivity index (χ1) is 12.1. The Morgan fingerprint density at radius 2 is 2.08 bits per heavy atom. The minimum atomic E-state index is -0.0188. The summed E-state index contributed by atoms with van der Waals surface area (Å²) in [6.07, 6.45) is 3.12. The summed E-state index contributed by atoms with van der Waals surface area (Å²) in [7, 11) is 0. The molecule has 1 fully saturated rings. The fraction of sp³-hybridized carbons (Fsp3) is 0.316. The molecular weight excluding hydrogens is 336 g/mol. The van der Waals surface area contributed by atoms with Crippen molar-refractivity contribution in [2.45, 2.75) is 19.8 Å². The number of benzene rings is 1. The molecule has 1 aromatic carbocycles. The summed E-state index contributed by atoms with van der Waals surface area (Å²) in [5, 5.41) is 12.4. The van der Waals surface area contributed by atoms with Gasteiger partial charge in [-0.05, 0) is 49.6 Å². The molecule has 2 heterocycles. The summed E-state index contributed by atoms with van der Waals surface area (Å²) in [6, 6.07) is 11.2. The van der Waals surface area contributed by atoms with Gasteiger partial charge in [-0.25, -0.2) is 4.98 Å². The maximum atomic E-state index is 12.5. The van der Waals surface area contributed by atoms with Crippen molar-refractivity contribution in [2.24, 2.45) is 5.92 Å². The van der Waals surface area contributed by atoms with Crippen LogP contribution < -0.4 is 10.2 Å². The van der Waals surface area contributed by atoms with Crippen LogP contribution in [0.2, 0.25) is 5.02 Å². The molecule has 0 bridgehead atoms. The van der Waals surface area contributed by atoms with E-state index in [-0.39, 0.29) is 11.8 Å². The van der Waals surface area contributed by atoms with Crippen molar-refractivity contribution in [3.05, 3.63) is 52.7 Å². The Kier molecular flexibility index (Phi) is 5.20. The van der Waals surface area contributed by atoms with Gasteiger partial charge in [0.1, 0.15) is 11.9 Å². The van der Waals surface area contributed by atoms with E-state index in [2.05, 4.69) is 21.3 Å². The zero-order chi connectivity index (χ0) is 17.8. The van der Waals surface area contributed by atoms with Crippen LogP contribution in [-0.4, -0.2) is 24.0 Å². The smallest absolute Gasteiger partial charge is 0.227 e. The normalized spacial score (nSPS) is 14.8. The lowest BCUT2D eigenvalue weighted by Gasteiger charge is -2.32. The molecule has 0 radical (unpaired) electrons. The number of nitrogens with one attached hydrogen (secondary N) is 1. The Morgan fingerprint density at radius 1 is 1.32 bits per heavy atom. The molecule has 0 saturated carbocycles. The van der Waals surface area contributed by atoms with Gasteiger partial charge < -0.3 is 10.2 Å². The molecule has 3 rings (SSSR count). The summed E-state index contributed by atoms with van der Waals surface area (Å²) >= 11 is 6.11. The monoisotopic (exact) mass is 354 g/mol. The van der Waals surface area contributed by atoms with Crippen LogP contribution in [0.25, 0.3) is 0 Å². The summed E-state index contributed by atoms with van der Waals surface area (Å²) in [4.78, 5) is 18.9. The molecule has 1 aromatic heterocycles. The molecule has 0 unspecified atom stereocenters. The fourth-order valence-corrected chi connectivity index (χ4v) is 3.11. The molecule has 0 spiro atoms. The molecule has 25 heavy (non-hydrogen) atoms. The molecule has 128 valence electrons. The van der Waals surface area contributed by atoms with Gasteiger partial charge in [-0.1, -0.05) is 17.7 Å². The van der Waals surface area contributed by atoms with E-state index in [9.17, 15) is 4.79 Å². The van der Waals surface area contributed by atoms with Crippen LogP contribution >= 0.6 is 11.6 Å². The van der Waals surface area contributed by atoms with Gasteiger partial charge in [0.15, 0.2) is 0 Å². The first-order valence-electron chi connectivity index (χ1n) is 8.25. The third-order valence-corrected chi connectivity index (χ3v) is 4.91. The van der Waals surface area contributed by atoms with Gasteiger partial charge >= 0.3 is 0 Å². The minimum absolute atomic E-state index is 0.0188. The van der Waals surface area contributed by atoms with Crippen LogP contribution in [0.15, 0.2) is 36.5 Å². The van der Waals surface area contributed by atoms with Crippen molar-refractivity contribution in [3.63, 3.8) is 0 Å². The van der Waals surface area contributed by atoms with Gasteiger partial charge in [0.2, 0.25) is 5.91 Å². The number of hydrogen-bond acceptors (Lipinski definition) is 4. The van der Waals surface area contributed by atoms with Crippen molar-refractivity contribution < 1.29 is 4.79 Å². The number of nitrogens with zero attached hydrogens (tertiary/aromatic N) is 3. The van der Waals surface area contributed by atoms with Crippen molar-refractivity contribution in [2.75, 3.05) is 23.3 Å². The SMILES string of the molecule is Cc1ccc(NC(=O)C2CCN(c3ccc(C#N)cn3)CC2)cc1Cl. The van der Waals surface area contributed by atoms with Crippen molar-refractivity contribution in [1.29, 1.82) is 5.26 Å². The van der Waals surface area contributed by atoms with E-state index >= 15 is 0 Å². The molecule has 5 nitrogen and oxygen atoms in total. The third-order valence-electron chi connectivity index (χ3n) is 4.51. The minimum Gasteiger partial charge on any atom is -0.357 e. The largest absolute Gasteiger partial charge is 0.357 e. The van der Waals surface area contributed by atoms with Crippen LogP contribution in [0, 0.1) is 24.2 Å². The van der Waals surface area contributed by atoms with Crippen molar-refractivity contribution >= 4 is 29.0 Å². The number of piperidine rings is 1. The highest BCUT2D eigenvalue weighted by Gasteiger charge is 2.25. The van der Waals surface area contributed by atoms with Gasteiger partial charge in [0.05, 0.1) is 5.56 Å². The number of carbonyl (C=O) groups excluding carboxylic acids is 1. The van der Waals surface area contributed by atoms with Gasteiger partial charge in [-0.3, -0.25) is 4.79 Å². The van der Waals surface area contributed by atoms with E-state index in [1.807, 2.05) is 25.1 Å². The second kappa shape index (κ2) is 7.54. The molecule has 0 aliphatic carbocycles. The zero-order valence-corrected chi connectivity index (χ0v) is 14.8. The number of aromatic nitrogens is 1. The molecule has 0 atom stereocenters. The van der Waals surface area contributed by atoms with Crippen molar-refractivity contribution in [1.82, 2.24) is 4.98 Å². The summed E-state index contributed by atoms with van der Waals surface area (Å²) in [6.45, 7) is 3.47. The zero-order valence-electron chi connectivity index (χ0n) is 14.0. The summed E-state index contributed by atoms with van der Waals surface area (Å²) < 4.78 is 0. The van der Waals surface area contributed by atoms with Crippen molar-refractivity contribution in [3.8, 4) is 6.07 Å². The van der Waals surface area contributed by atoms with Crippen LogP contribution in [0.4, 0.5) is 11.5 Å². The van der Waals surface area contributed by atoms with E-state index in [1.54, 1.807) is 18.3 Å². The first-order valence-corrected chi connectivity index (χ1v) is 8.63. The van der Waals surface area contributed by atoms with Crippen LogP contribution in [-0.2, 0) is 4.79 Å². The van der Waals surface area contributed by atoms with Gasteiger partial charge in [-0.2, -0.15) is 5.26 Å². The average Bonchev–Trinajstić information content (AvgIpc) is 2.65. The lowest BCUT2D eigenvalue weighted by molar-refractivity contribution is -0.120. The van der Waals surface area contributed by atoms with Gasteiger partial charge in [-0.15, -0.1) is 0 Å². The van der Waals surface area contributed by atoms with E-state index in [4.69, 9.17) is 16.9 Å². The van der Waals surface area contributed by atoms with Crippen LogP contribution in [0.1, 0.15) is 24.0 Å². The van der Waals surface area contributed by atoms with E-state index < -0.39 is 0 Å². The number of aryl methyl sites for hydroxylation is 1. The Balaban J connectivity index is 1.56. The summed E-state index contributed by atoms with van der Waals surface area (Å²) in [5.41, 5.74) is 2.27. The Hall–Kier alpha value is -2.58. The van der Waals surface area contributed by atoms with Crippen LogP contribution in [0.5, 0.6) is 0 Å². The predicted molar refractivity (Wildman–Crippen MR) is 98.7 cm³/mol. The standard InChI is InChI=1S/C19H19ClN4O/c1-13-2-4-16(10-17(13)20)23-19(25)15-6-8-24(9-7-15)18-5-3-14(11-21)12-22-18/h2-5,10,12,15H,6-9H2,1H3,(H,23,25).